The van der Waals surface area contributed by atoms with Crippen LogP contribution in [0.1, 0.15) is 44.7 Å². The van der Waals surface area contributed by atoms with Crippen molar-refractivity contribution in [1.82, 2.24) is 15.1 Å². The van der Waals surface area contributed by atoms with Gasteiger partial charge < -0.3 is 30.0 Å². The minimum Gasteiger partial charge on any atom is -0.493 e. The summed E-state index contributed by atoms with van der Waals surface area (Å²) in [6, 6.07) is 13.0. The zero-order valence-electron chi connectivity index (χ0n) is 25.3. The zero-order valence-corrected chi connectivity index (χ0v) is 25.3. The summed E-state index contributed by atoms with van der Waals surface area (Å²) in [4.78, 5) is 38.2. The monoisotopic (exact) mass is 607 g/mol. The van der Waals surface area contributed by atoms with E-state index in [0.29, 0.717) is 28.4 Å². The average Bonchev–Trinajstić information content (AvgIpc) is 3.00. The van der Waals surface area contributed by atoms with Crippen molar-refractivity contribution < 1.29 is 29.0 Å². The molecule has 13 heteroatoms. The Morgan fingerprint density at radius 1 is 1.23 bits per heavy atom. The number of benzene rings is 2. The third-order valence-electron chi connectivity index (χ3n) is 7.16. The predicted molar refractivity (Wildman–Crippen MR) is 163 cm³/mol. The van der Waals surface area contributed by atoms with Gasteiger partial charge in [-0.25, -0.2) is 9.48 Å². The third kappa shape index (κ3) is 7.24. The highest BCUT2D eigenvalue weighted by molar-refractivity contribution is 5.94. The first kappa shape index (κ1) is 32.2. The average molecular weight is 608 g/mol. The molecule has 1 aromatic heterocycles. The molecule has 2 atom stereocenters. The Hall–Kier alpha value is -4.75. The predicted octanol–water partition coefficient (Wildman–Crippen LogP) is 3.36. The number of ether oxygens (including phenoxy) is 3. The lowest BCUT2D eigenvalue weighted by Gasteiger charge is -2.31. The molecule has 2 heterocycles. The Morgan fingerprint density at radius 2 is 1.95 bits per heavy atom. The number of para-hydroxylation sites is 2. The maximum absolute atomic E-state index is 14.0. The van der Waals surface area contributed by atoms with Crippen LogP contribution in [0.15, 0.2) is 70.8 Å². The van der Waals surface area contributed by atoms with Gasteiger partial charge in [0.2, 0.25) is 0 Å². The lowest BCUT2D eigenvalue weighted by atomic mass is 9.81. The summed E-state index contributed by atoms with van der Waals surface area (Å²) in [7, 11) is 1.54. The smallest absolute Gasteiger partial charge is 0.336 e. The summed E-state index contributed by atoms with van der Waals surface area (Å²) >= 11 is 0. The molecule has 0 aliphatic carbocycles. The molecule has 1 aliphatic heterocycles. The maximum Gasteiger partial charge on any atom is 0.336 e. The Balaban J connectivity index is 1.59. The lowest BCUT2D eigenvalue weighted by molar-refractivity contribution is -0.384. The number of nitro benzene ring substituents is 1. The van der Waals surface area contributed by atoms with Crippen LogP contribution in [-0.2, 0) is 16.1 Å². The molecule has 4 rings (SSSR count). The van der Waals surface area contributed by atoms with Crippen LogP contribution in [0, 0.1) is 10.1 Å². The van der Waals surface area contributed by atoms with Crippen LogP contribution in [0.5, 0.6) is 11.5 Å². The maximum atomic E-state index is 14.0. The van der Waals surface area contributed by atoms with Crippen molar-refractivity contribution >= 4 is 17.3 Å². The van der Waals surface area contributed by atoms with Crippen molar-refractivity contribution in [1.29, 1.82) is 0 Å². The highest BCUT2D eigenvalue weighted by atomic mass is 16.6. The molecule has 0 bridgehead atoms. The van der Waals surface area contributed by atoms with Gasteiger partial charge in [-0.15, -0.1) is 0 Å². The number of hydrogen-bond acceptors (Lipinski definition) is 11. The summed E-state index contributed by atoms with van der Waals surface area (Å²) in [5.74, 6) is -0.498. The van der Waals surface area contributed by atoms with Crippen LogP contribution < -0.4 is 25.7 Å². The third-order valence-corrected chi connectivity index (χ3v) is 7.16. The molecule has 0 spiro atoms. The number of allylic oxidation sites excluding steroid dienone is 1. The van der Waals surface area contributed by atoms with Gasteiger partial charge in [-0.05, 0) is 45.4 Å². The van der Waals surface area contributed by atoms with Crippen LogP contribution in [0.4, 0.5) is 11.4 Å². The number of aliphatic hydroxyl groups excluding tert-OH is 1. The number of aliphatic hydroxyl groups is 1. The van der Waals surface area contributed by atoms with Gasteiger partial charge in [-0.1, -0.05) is 24.3 Å². The number of rotatable bonds is 13. The molecule has 2 unspecified atom stereocenters. The fourth-order valence-electron chi connectivity index (χ4n) is 5.06. The van der Waals surface area contributed by atoms with Crippen LogP contribution in [0.3, 0.4) is 0 Å². The standard InChI is InChI=1S/C31H37N5O8/c1-6-43-30(39)26-19(2)34-23-16-33-35(29(38)28(23)27(26)20-10-9-11-21(14-20)36(40)41)18-31(3,4)32-15-22(37)17-44-25-13-8-7-12-24(25)42-5/h7-14,16,22,27,32,34,37H,6,15,17-18H2,1-5H3. The number of hydrogen-bond donors (Lipinski definition) is 3. The molecule has 3 aromatic rings. The minimum atomic E-state index is -0.933. The number of fused-ring (bicyclic) bond motifs is 1. The van der Waals surface area contributed by atoms with Crippen LogP contribution in [-0.4, -0.2) is 64.3 Å². The second-order valence-electron chi connectivity index (χ2n) is 11.0. The van der Waals surface area contributed by atoms with Gasteiger partial charge in [-0.3, -0.25) is 14.9 Å². The van der Waals surface area contributed by atoms with E-state index >= 15 is 0 Å². The van der Waals surface area contributed by atoms with Crippen molar-refractivity contribution in [3.8, 4) is 11.5 Å². The second kappa shape index (κ2) is 13.7. The minimum absolute atomic E-state index is 0.0133. The van der Waals surface area contributed by atoms with Gasteiger partial charge in [-0.2, -0.15) is 5.10 Å². The van der Waals surface area contributed by atoms with E-state index in [4.69, 9.17) is 14.2 Å². The van der Waals surface area contributed by atoms with Crippen LogP contribution >= 0.6 is 0 Å². The number of aromatic nitrogens is 2. The number of methoxy groups -OCH3 is 1. The number of carbonyl (C=O) groups excluding carboxylic acids is 1. The Morgan fingerprint density at radius 3 is 2.64 bits per heavy atom. The number of nitrogens with zero attached hydrogens (tertiary/aromatic N) is 3. The highest BCUT2D eigenvalue weighted by Gasteiger charge is 2.37. The Bertz CT molecular complexity index is 1620. The Kier molecular flexibility index (Phi) is 10.0. The van der Waals surface area contributed by atoms with Crippen molar-refractivity contribution in [2.45, 2.75) is 51.8 Å². The summed E-state index contributed by atoms with van der Waals surface area (Å²) < 4.78 is 17.6. The van der Waals surface area contributed by atoms with E-state index in [9.17, 15) is 24.8 Å². The summed E-state index contributed by atoms with van der Waals surface area (Å²) in [6.45, 7) is 7.47. The normalized spacial score (nSPS) is 15.2. The highest BCUT2D eigenvalue weighted by Crippen LogP contribution is 2.41. The van der Waals surface area contributed by atoms with E-state index in [0.717, 1.165) is 0 Å². The molecule has 0 radical (unpaired) electrons. The topological polar surface area (TPSA) is 167 Å². The molecule has 1 aliphatic rings. The van der Waals surface area contributed by atoms with Gasteiger partial charge in [0.25, 0.3) is 11.2 Å². The zero-order chi connectivity index (χ0) is 32.0. The molecule has 234 valence electrons. The first-order valence-electron chi connectivity index (χ1n) is 14.1. The SMILES string of the molecule is CCOC(=O)C1=C(C)Nc2cnn(CC(C)(C)NCC(O)COc3ccccc3OC)c(=O)c2C1c1cccc([N+](=O)[O-])c1. The van der Waals surface area contributed by atoms with Crippen molar-refractivity contribution in [2.24, 2.45) is 0 Å². The largest absolute Gasteiger partial charge is 0.493 e. The lowest BCUT2D eigenvalue weighted by Crippen LogP contribution is -2.49. The van der Waals surface area contributed by atoms with Crippen molar-refractivity contribution in [2.75, 3.05) is 32.2 Å². The number of β-amino-alcohol motifs (C(OH)–C–C–N with tert-alkyl or cyclic N) is 1. The summed E-state index contributed by atoms with van der Waals surface area (Å²) in [5.41, 5.74) is 0.290. The summed E-state index contributed by atoms with van der Waals surface area (Å²) in [5, 5.41) is 32.9. The number of carbonyl (C=O) groups is 1. The van der Waals surface area contributed by atoms with Gasteiger partial charge in [0.15, 0.2) is 11.5 Å². The van der Waals surface area contributed by atoms with E-state index in [1.54, 1.807) is 38.1 Å². The summed E-state index contributed by atoms with van der Waals surface area (Å²) in [6.07, 6.45) is 0.633. The van der Waals surface area contributed by atoms with E-state index < -0.39 is 34.0 Å². The van der Waals surface area contributed by atoms with Crippen molar-refractivity contribution in [3.63, 3.8) is 0 Å². The van der Waals surface area contributed by atoms with Gasteiger partial charge in [0, 0.05) is 29.9 Å². The van der Waals surface area contributed by atoms with Gasteiger partial charge in [0.1, 0.15) is 12.7 Å². The molecule has 0 saturated carbocycles. The van der Waals surface area contributed by atoms with E-state index in [1.165, 1.54) is 36.2 Å². The quantitative estimate of drug-likeness (QED) is 0.148. The van der Waals surface area contributed by atoms with Crippen LogP contribution in [0.25, 0.3) is 0 Å². The van der Waals surface area contributed by atoms with Crippen molar-refractivity contribution in [3.05, 3.63) is 97.6 Å². The fraction of sp³-hybridized carbons (Fsp3) is 0.387. The molecular weight excluding hydrogens is 570 g/mol. The van der Waals surface area contributed by atoms with E-state index in [-0.39, 0.29) is 43.1 Å². The molecule has 13 nitrogen and oxygen atoms in total. The van der Waals surface area contributed by atoms with Crippen LogP contribution in [0.2, 0.25) is 0 Å². The molecule has 0 amide bonds. The molecule has 0 fully saturated rings. The van der Waals surface area contributed by atoms with E-state index in [2.05, 4.69) is 15.7 Å². The first-order chi connectivity index (χ1) is 21.0. The van der Waals surface area contributed by atoms with Gasteiger partial charge >= 0.3 is 5.97 Å². The number of esters is 1. The molecule has 44 heavy (non-hydrogen) atoms. The number of nitro groups is 1. The van der Waals surface area contributed by atoms with Gasteiger partial charge in [0.05, 0.1) is 54.1 Å². The fourth-order valence-corrected chi connectivity index (χ4v) is 5.06. The van der Waals surface area contributed by atoms with E-state index in [1.807, 2.05) is 19.9 Å². The number of anilines is 1. The molecule has 3 N–H and O–H groups in total. The molecular formula is C31H37N5O8. The first-order valence-corrected chi connectivity index (χ1v) is 14.1. The number of non-ortho nitro benzene ring substituents is 1. The molecule has 2 aromatic carbocycles. The Labute approximate surface area is 254 Å². The second-order valence-corrected chi connectivity index (χ2v) is 11.0. The number of nitrogens with one attached hydrogen (secondary N) is 2. The molecule has 0 saturated heterocycles.